The first-order valence-corrected chi connectivity index (χ1v) is 11.3. The highest BCUT2D eigenvalue weighted by atomic mass is 16.4. The lowest BCUT2D eigenvalue weighted by atomic mass is 10.1. The molecular weight excluding hydrogens is 414 g/mol. The minimum atomic E-state index is -0.0810. The van der Waals surface area contributed by atoms with Crippen molar-refractivity contribution >= 4 is 5.91 Å². The number of nitrogens with zero attached hydrogens (tertiary/aromatic N) is 4. The number of carbonyl (C=O) groups is 1. The van der Waals surface area contributed by atoms with Gasteiger partial charge in [0.1, 0.15) is 5.69 Å². The normalized spacial score (nSPS) is 11.2. The van der Waals surface area contributed by atoms with E-state index in [0.717, 1.165) is 30.6 Å². The molecule has 2 aromatic carbocycles. The fraction of sp³-hybridized carbons (Fsp3) is 0.308. The van der Waals surface area contributed by atoms with Gasteiger partial charge in [0, 0.05) is 24.7 Å². The van der Waals surface area contributed by atoms with Gasteiger partial charge in [-0.3, -0.25) is 4.79 Å². The van der Waals surface area contributed by atoms with Gasteiger partial charge in [-0.05, 0) is 55.0 Å². The van der Waals surface area contributed by atoms with E-state index in [0.29, 0.717) is 29.6 Å². The smallest absolute Gasteiger partial charge is 0.268 e. The molecule has 0 aliphatic heterocycles. The largest absolute Gasteiger partial charge is 0.420 e. The van der Waals surface area contributed by atoms with E-state index >= 15 is 0 Å². The van der Waals surface area contributed by atoms with Crippen LogP contribution in [0.3, 0.4) is 0 Å². The van der Waals surface area contributed by atoms with Gasteiger partial charge < -0.3 is 9.73 Å². The van der Waals surface area contributed by atoms with Gasteiger partial charge in [0.25, 0.3) is 11.8 Å². The van der Waals surface area contributed by atoms with Crippen molar-refractivity contribution in [2.24, 2.45) is 0 Å². The molecule has 170 valence electrons. The lowest BCUT2D eigenvalue weighted by molar-refractivity contribution is 0.0953. The number of nitrogens with one attached hydrogen (secondary N) is 1. The van der Waals surface area contributed by atoms with Crippen LogP contribution < -0.4 is 5.32 Å². The van der Waals surface area contributed by atoms with Crippen LogP contribution in [0.25, 0.3) is 17.3 Å². The summed E-state index contributed by atoms with van der Waals surface area (Å²) in [5, 5.41) is 15.7. The molecule has 0 saturated carbocycles. The Labute approximate surface area is 193 Å². The van der Waals surface area contributed by atoms with Crippen LogP contribution in [0.2, 0.25) is 0 Å². The highest BCUT2D eigenvalue weighted by molar-refractivity contribution is 5.94. The summed E-state index contributed by atoms with van der Waals surface area (Å²) in [6, 6.07) is 19.9. The Morgan fingerprint density at radius 2 is 1.85 bits per heavy atom. The van der Waals surface area contributed by atoms with Crippen LogP contribution in [-0.2, 0) is 6.42 Å². The van der Waals surface area contributed by atoms with Crippen molar-refractivity contribution in [2.45, 2.75) is 46.0 Å². The Morgan fingerprint density at radius 3 is 2.58 bits per heavy atom. The third-order valence-electron chi connectivity index (χ3n) is 5.45. The Hall–Kier alpha value is -3.74. The van der Waals surface area contributed by atoms with Crippen LogP contribution in [0.15, 0.2) is 65.1 Å². The Kier molecular flexibility index (Phi) is 6.98. The van der Waals surface area contributed by atoms with E-state index in [1.165, 1.54) is 5.56 Å². The first-order chi connectivity index (χ1) is 16.0. The van der Waals surface area contributed by atoms with Gasteiger partial charge in [0.05, 0.1) is 5.69 Å². The molecule has 0 aliphatic rings. The number of aromatic nitrogens is 4. The van der Waals surface area contributed by atoms with Crippen LogP contribution in [0, 0.1) is 6.92 Å². The van der Waals surface area contributed by atoms with Crippen LogP contribution in [-0.4, -0.2) is 32.4 Å². The SMILES string of the molecule is Cc1nnc(-c2cc(C(C)C)n(-c3cccc(C(=O)NCCCCc4ccccc4)c3)n2)o1. The molecule has 1 N–H and O–H groups in total. The number of hydrogen-bond donors (Lipinski definition) is 1. The summed E-state index contributed by atoms with van der Waals surface area (Å²) in [7, 11) is 0. The highest BCUT2D eigenvalue weighted by Crippen LogP contribution is 2.26. The van der Waals surface area contributed by atoms with Crippen LogP contribution in [0.5, 0.6) is 0 Å². The fourth-order valence-electron chi connectivity index (χ4n) is 3.70. The van der Waals surface area contributed by atoms with E-state index in [1.54, 1.807) is 6.92 Å². The molecule has 1 amide bonds. The van der Waals surface area contributed by atoms with E-state index in [9.17, 15) is 4.79 Å². The molecule has 0 spiro atoms. The first kappa shape index (κ1) is 22.5. The number of unbranched alkanes of at least 4 members (excludes halogenated alkanes) is 1. The summed E-state index contributed by atoms with van der Waals surface area (Å²) in [6.07, 6.45) is 2.99. The second-order valence-corrected chi connectivity index (χ2v) is 8.40. The molecule has 4 aromatic rings. The number of aryl methyl sites for hydroxylation is 2. The zero-order chi connectivity index (χ0) is 23.2. The van der Waals surface area contributed by atoms with Crippen LogP contribution in [0.1, 0.15) is 60.1 Å². The van der Waals surface area contributed by atoms with Gasteiger partial charge in [0.2, 0.25) is 5.89 Å². The van der Waals surface area contributed by atoms with E-state index in [-0.39, 0.29) is 11.8 Å². The Morgan fingerprint density at radius 1 is 1.03 bits per heavy atom. The molecule has 0 radical (unpaired) electrons. The summed E-state index contributed by atoms with van der Waals surface area (Å²) in [4.78, 5) is 12.7. The Balaban J connectivity index is 1.43. The van der Waals surface area contributed by atoms with E-state index in [2.05, 4.69) is 58.7 Å². The number of carbonyl (C=O) groups excluding carboxylic acids is 1. The molecule has 0 unspecified atom stereocenters. The van der Waals surface area contributed by atoms with Gasteiger partial charge in [0.15, 0.2) is 0 Å². The van der Waals surface area contributed by atoms with Gasteiger partial charge in [-0.1, -0.05) is 50.2 Å². The molecular formula is C26H29N5O2. The average molecular weight is 444 g/mol. The topological polar surface area (TPSA) is 85.8 Å². The zero-order valence-electron chi connectivity index (χ0n) is 19.3. The van der Waals surface area contributed by atoms with Crippen molar-refractivity contribution in [1.82, 2.24) is 25.3 Å². The quantitative estimate of drug-likeness (QED) is 0.364. The van der Waals surface area contributed by atoms with Crippen molar-refractivity contribution < 1.29 is 9.21 Å². The summed E-state index contributed by atoms with van der Waals surface area (Å²) < 4.78 is 7.39. The fourth-order valence-corrected chi connectivity index (χ4v) is 3.70. The standard InChI is InChI=1S/C26H29N5O2/c1-18(2)24-17-23(26-29-28-19(3)33-26)30-31(24)22-14-9-13-21(16-22)25(32)27-15-8-7-12-20-10-5-4-6-11-20/h4-6,9-11,13-14,16-18H,7-8,12,15H2,1-3H3,(H,27,32). The van der Waals surface area contributed by atoms with Gasteiger partial charge in [-0.25, -0.2) is 4.68 Å². The molecule has 0 aliphatic carbocycles. The third-order valence-corrected chi connectivity index (χ3v) is 5.45. The number of rotatable bonds is 9. The second kappa shape index (κ2) is 10.3. The zero-order valence-corrected chi connectivity index (χ0v) is 19.3. The molecule has 7 heteroatoms. The van der Waals surface area contributed by atoms with Crippen molar-refractivity contribution in [3.63, 3.8) is 0 Å². The summed E-state index contributed by atoms with van der Waals surface area (Å²) in [5.41, 5.74) is 4.37. The molecule has 2 heterocycles. The van der Waals surface area contributed by atoms with E-state index < -0.39 is 0 Å². The maximum Gasteiger partial charge on any atom is 0.268 e. The van der Waals surface area contributed by atoms with Crippen LogP contribution in [0.4, 0.5) is 0 Å². The summed E-state index contributed by atoms with van der Waals surface area (Å²) in [5.74, 6) is 1.02. The predicted molar refractivity (Wildman–Crippen MR) is 127 cm³/mol. The van der Waals surface area contributed by atoms with E-state index in [1.807, 2.05) is 41.1 Å². The number of benzene rings is 2. The molecule has 33 heavy (non-hydrogen) atoms. The summed E-state index contributed by atoms with van der Waals surface area (Å²) in [6.45, 7) is 6.60. The minimum Gasteiger partial charge on any atom is -0.420 e. The maximum atomic E-state index is 12.7. The Bertz CT molecular complexity index is 1210. The number of amides is 1. The summed E-state index contributed by atoms with van der Waals surface area (Å²) >= 11 is 0. The lowest BCUT2D eigenvalue weighted by Crippen LogP contribution is -2.24. The first-order valence-electron chi connectivity index (χ1n) is 11.3. The van der Waals surface area contributed by atoms with Crippen molar-refractivity contribution in [3.05, 3.63) is 83.4 Å². The van der Waals surface area contributed by atoms with Gasteiger partial charge >= 0.3 is 0 Å². The second-order valence-electron chi connectivity index (χ2n) is 8.40. The molecule has 0 bridgehead atoms. The molecule has 0 saturated heterocycles. The lowest BCUT2D eigenvalue weighted by Gasteiger charge is -2.11. The minimum absolute atomic E-state index is 0.0810. The average Bonchev–Trinajstić information content (AvgIpc) is 3.46. The molecule has 0 fully saturated rings. The third kappa shape index (κ3) is 5.55. The number of hydrogen-bond acceptors (Lipinski definition) is 5. The van der Waals surface area contributed by atoms with Gasteiger partial charge in [-0.2, -0.15) is 5.10 Å². The monoisotopic (exact) mass is 443 g/mol. The van der Waals surface area contributed by atoms with Crippen molar-refractivity contribution in [2.75, 3.05) is 6.54 Å². The van der Waals surface area contributed by atoms with E-state index in [4.69, 9.17) is 4.42 Å². The molecule has 4 rings (SSSR count). The van der Waals surface area contributed by atoms with Crippen molar-refractivity contribution in [3.8, 4) is 17.3 Å². The van der Waals surface area contributed by atoms with Crippen molar-refractivity contribution in [1.29, 1.82) is 0 Å². The van der Waals surface area contributed by atoms with Crippen LogP contribution >= 0.6 is 0 Å². The molecule has 0 atom stereocenters. The van der Waals surface area contributed by atoms with Gasteiger partial charge in [-0.15, -0.1) is 10.2 Å². The predicted octanol–water partition coefficient (Wildman–Crippen LogP) is 5.11. The highest BCUT2D eigenvalue weighted by Gasteiger charge is 2.18. The molecule has 2 aromatic heterocycles. The molecule has 7 nitrogen and oxygen atoms in total. The maximum absolute atomic E-state index is 12.7.